The molecule has 0 bridgehead atoms. The van der Waals surface area contributed by atoms with Gasteiger partial charge in [-0.05, 0) is 69.2 Å². The summed E-state index contributed by atoms with van der Waals surface area (Å²) in [5.74, 6) is -1.35. The van der Waals surface area contributed by atoms with E-state index in [1.165, 1.54) is 41.3 Å². The van der Waals surface area contributed by atoms with E-state index in [2.05, 4.69) is 5.32 Å². The molecule has 0 aliphatic carbocycles. The van der Waals surface area contributed by atoms with Crippen LogP contribution in [0.5, 0.6) is 0 Å². The number of nitrogens with one attached hydrogen (secondary N) is 1. The minimum atomic E-state index is -4.11. The minimum Gasteiger partial charge on any atom is -0.352 e. The molecule has 3 aromatic rings. The smallest absolute Gasteiger partial charge is 0.264 e. The van der Waals surface area contributed by atoms with E-state index in [1.807, 2.05) is 20.8 Å². The first kappa shape index (κ1) is 28.8. The number of hydrogen-bond acceptors (Lipinski definition) is 4. The summed E-state index contributed by atoms with van der Waals surface area (Å²) in [6, 6.07) is 19.3. The van der Waals surface area contributed by atoms with Crippen LogP contribution in [0.2, 0.25) is 0 Å². The van der Waals surface area contributed by atoms with Gasteiger partial charge in [0.15, 0.2) is 0 Å². The predicted octanol–water partition coefficient (Wildman–Crippen LogP) is 4.66. The van der Waals surface area contributed by atoms with Crippen LogP contribution in [0, 0.1) is 12.7 Å². The second kappa shape index (κ2) is 12.7. The van der Waals surface area contributed by atoms with Gasteiger partial charge in [0, 0.05) is 12.6 Å². The Morgan fingerprint density at radius 3 is 2.11 bits per heavy atom. The molecule has 3 aromatic carbocycles. The van der Waals surface area contributed by atoms with E-state index >= 15 is 0 Å². The first-order valence-corrected chi connectivity index (χ1v) is 14.0. The number of benzene rings is 3. The van der Waals surface area contributed by atoms with Gasteiger partial charge in [0.1, 0.15) is 18.4 Å². The second-order valence-corrected chi connectivity index (χ2v) is 11.2. The minimum absolute atomic E-state index is 0.00132. The Bertz CT molecular complexity index is 1330. The topological polar surface area (TPSA) is 86.8 Å². The van der Waals surface area contributed by atoms with Crippen LogP contribution in [0.3, 0.4) is 0 Å². The monoisotopic (exact) mass is 539 g/mol. The standard InChI is InChI=1S/C29H34FN3O4S/c1-5-22(3)31-29(35)23(4)32(19-24-13-15-25(30)16-14-24)28(34)20-33(26-17-11-21(2)12-18-26)38(36,37)27-9-7-6-8-10-27/h6-18,22-23H,5,19-20H2,1-4H3,(H,31,35)/t22-,23-/m1/s1. The van der Waals surface area contributed by atoms with Crippen molar-refractivity contribution >= 4 is 27.5 Å². The van der Waals surface area contributed by atoms with Crippen LogP contribution < -0.4 is 9.62 Å². The van der Waals surface area contributed by atoms with Gasteiger partial charge in [0.05, 0.1) is 10.6 Å². The summed E-state index contributed by atoms with van der Waals surface area (Å²) in [6.07, 6.45) is 0.709. The molecule has 0 spiro atoms. The van der Waals surface area contributed by atoms with Gasteiger partial charge < -0.3 is 10.2 Å². The molecule has 0 saturated heterocycles. The van der Waals surface area contributed by atoms with E-state index in [4.69, 9.17) is 0 Å². The molecule has 0 aliphatic rings. The lowest BCUT2D eigenvalue weighted by Gasteiger charge is -2.32. The zero-order valence-corrected chi connectivity index (χ0v) is 22.9. The van der Waals surface area contributed by atoms with Crippen LogP contribution in [0.1, 0.15) is 38.3 Å². The number of aryl methyl sites for hydroxylation is 1. The molecular weight excluding hydrogens is 505 g/mol. The lowest BCUT2D eigenvalue weighted by Crippen LogP contribution is -2.52. The Balaban J connectivity index is 2.00. The van der Waals surface area contributed by atoms with E-state index in [9.17, 15) is 22.4 Å². The Morgan fingerprint density at radius 1 is 0.921 bits per heavy atom. The van der Waals surface area contributed by atoms with E-state index in [-0.39, 0.29) is 23.4 Å². The number of carbonyl (C=O) groups excluding carboxylic acids is 2. The van der Waals surface area contributed by atoms with Gasteiger partial charge in [-0.1, -0.05) is 55.0 Å². The van der Waals surface area contributed by atoms with Crippen LogP contribution in [0.15, 0.2) is 83.8 Å². The van der Waals surface area contributed by atoms with Crippen molar-refractivity contribution in [2.45, 2.75) is 57.6 Å². The fourth-order valence-electron chi connectivity index (χ4n) is 3.79. The molecule has 2 amide bonds. The Hall–Kier alpha value is -3.72. The van der Waals surface area contributed by atoms with E-state index in [1.54, 1.807) is 49.4 Å². The third-order valence-electron chi connectivity index (χ3n) is 6.37. The van der Waals surface area contributed by atoms with Crippen molar-refractivity contribution in [3.8, 4) is 0 Å². The molecule has 0 radical (unpaired) electrons. The van der Waals surface area contributed by atoms with Gasteiger partial charge in [0.25, 0.3) is 10.0 Å². The molecule has 0 aliphatic heterocycles. The normalized spacial score (nSPS) is 12.9. The summed E-state index contributed by atoms with van der Waals surface area (Å²) in [7, 11) is -4.11. The molecule has 0 aromatic heterocycles. The lowest BCUT2D eigenvalue weighted by atomic mass is 10.1. The molecule has 9 heteroatoms. The molecule has 202 valence electrons. The number of rotatable bonds is 11. The Morgan fingerprint density at radius 2 is 1.53 bits per heavy atom. The summed E-state index contributed by atoms with van der Waals surface area (Å²) in [5, 5.41) is 2.88. The summed E-state index contributed by atoms with van der Waals surface area (Å²) in [5.41, 5.74) is 1.87. The van der Waals surface area contributed by atoms with E-state index in [0.717, 1.165) is 9.87 Å². The molecule has 3 rings (SSSR count). The number of sulfonamides is 1. The zero-order valence-electron chi connectivity index (χ0n) is 22.1. The van der Waals surface area contributed by atoms with Crippen molar-refractivity contribution < 1.29 is 22.4 Å². The quantitative estimate of drug-likeness (QED) is 0.384. The molecule has 1 N–H and O–H groups in total. The van der Waals surface area contributed by atoms with Crippen LogP contribution in [0.25, 0.3) is 0 Å². The molecule has 0 saturated carbocycles. The molecule has 0 fully saturated rings. The van der Waals surface area contributed by atoms with Crippen LogP contribution >= 0.6 is 0 Å². The maximum atomic E-state index is 13.8. The van der Waals surface area contributed by atoms with Gasteiger partial charge in [-0.2, -0.15) is 0 Å². The molecule has 2 atom stereocenters. The first-order chi connectivity index (χ1) is 18.0. The van der Waals surface area contributed by atoms with Gasteiger partial charge in [0.2, 0.25) is 11.8 Å². The SMILES string of the molecule is CC[C@@H](C)NC(=O)[C@@H](C)N(Cc1ccc(F)cc1)C(=O)CN(c1ccc(C)cc1)S(=O)(=O)c1ccccc1. The highest BCUT2D eigenvalue weighted by Crippen LogP contribution is 2.25. The van der Waals surface area contributed by atoms with E-state index < -0.39 is 34.3 Å². The molecular formula is C29H34FN3O4S. The maximum Gasteiger partial charge on any atom is 0.264 e. The highest BCUT2D eigenvalue weighted by atomic mass is 32.2. The number of anilines is 1. The van der Waals surface area contributed by atoms with Gasteiger partial charge in [-0.3, -0.25) is 13.9 Å². The summed E-state index contributed by atoms with van der Waals surface area (Å²) < 4.78 is 42.0. The van der Waals surface area contributed by atoms with Gasteiger partial charge in [-0.15, -0.1) is 0 Å². The number of hydrogen-bond donors (Lipinski definition) is 1. The molecule has 0 heterocycles. The van der Waals surface area contributed by atoms with Crippen LogP contribution in [0.4, 0.5) is 10.1 Å². The average Bonchev–Trinajstić information content (AvgIpc) is 2.91. The summed E-state index contributed by atoms with van der Waals surface area (Å²) >= 11 is 0. The van der Waals surface area contributed by atoms with Crippen molar-refractivity contribution in [1.82, 2.24) is 10.2 Å². The fraction of sp³-hybridized carbons (Fsp3) is 0.310. The predicted molar refractivity (Wildman–Crippen MR) is 146 cm³/mol. The Labute approximate surface area is 224 Å². The van der Waals surface area contributed by atoms with Crippen molar-refractivity contribution in [2.75, 3.05) is 10.8 Å². The first-order valence-electron chi connectivity index (χ1n) is 12.5. The number of halogens is 1. The number of carbonyl (C=O) groups is 2. The third-order valence-corrected chi connectivity index (χ3v) is 8.15. The zero-order chi connectivity index (χ0) is 27.9. The number of amides is 2. The largest absolute Gasteiger partial charge is 0.352 e. The van der Waals surface area contributed by atoms with Crippen molar-refractivity contribution in [3.63, 3.8) is 0 Å². The lowest BCUT2D eigenvalue weighted by molar-refractivity contribution is -0.139. The van der Waals surface area contributed by atoms with Crippen molar-refractivity contribution in [2.24, 2.45) is 0 Å². The summed E-state index contributed by atoms with van der Waals surface area (Å²) in [4.78, 5) is 28.2. The van der Waals surface area contributed by atoms with Crippen molar-refractivity contribution in [3.05, 3.63) is 95.8 Å². The maximum absolute atomic E-state index is 13.8. The van der Waals surface area contributed by atoms with Crippen LogP contribution in [-0.4, -0.2) is 43.8 Å². The van der Waals surface area contributed by atoms with Gasteiger partial charge >= 0.3 is 0 Å². The highest BCUT2D eigenvalue weighted by molar-refractivity contribution is 7.92. The second-order valence-electron chi connectivity index (χ2n) is 9.30. The van der Waals surface area contributed by atoms with Crippen molar-refractivity contribution in [1.29, 1.82) is 0 Å². The third kappa shape index (κ3) is 7.19. The average molecular weight is 540 g/mol. The highest BCUT2D eigenvalue weighted by Gasteiger charge is 2.32. The number of nitrogens with zero attached hydrogens (tertiary/aromatic N) is 2. The summed E-state index contributed by atoms with van der Waals surface area (Å²) in [6.45, 7) is 6.76. The molecule has 0 unspecified atom stereocenters. The molecule has 38 heavy (non-hydrogen) atoms. The van der Waals surface area contributed by atoms with Crippen LogP contribution in [-0.2, 0) is 26.2 Å². The molecule has 7 nitrogen and oxygen atoms in total. The van der Waals surface area contributed by atoms with Gasteiger partial charge in [-0.25, -0.2) is 12.8 Å². The fourth-order valence-corrected chi connectivity index (χ4v) is 5.23. The van der Waals surface area contributed by atoms with E-state index in [0.29, 0.717) is 17.7 Å². The Kier molecular flexibility index (Phi) is 9.63.